The summed E-state index contributed by atoms with van der Waals surface area (Å²) in [6.07, 6.45) is 2.52. The molecule has 0 radical (unpaired) electrons. The Labute approximate surface area is 128 Å². The second-order valence-corrected chi connectivity index (χ2v) is 7.91. The second kappa shape index (κ2) is 5.83. The van der Waals surface area contributed by atoms with Crippen LogP contribution in [0.1, 0.15) is 19.3 Å². The molecule has 3 rings (SSSR count). The molecule has 116 valence electrons. The van der Waals surface area contributed by atoms with Crippen LogP contribution in [0.3, 0.4) is 0 Å². The predicted octanol–water partition coefficient (Wildman–Crippen LogP) is 2.67. The highest BCUT2D eigenvalue weighted by molar-refractivity contribution is 7.89. The van der Waals surface area contributed by atoms with Crippen molar-refractivity contribution in [3.63, 3.8) is 0 Å². The molecule has 1 aliphatic heterocycles. The molecule has 0 amide bonds. The molecular weight excluding hydrogens is 317 g/mol. The van der Waals surface area contributed by atoms with Crippen molar-refractivity contribution in [2.45, 2.75) is 30.2 Å². The van der Waals surface area contributed by atoms with E-state index in [0.29, 0.717) is 19.8 Å². The summed E-state index contributed by atoms with van der Waals surface area (Å²) in [7, 11) is -3.83. The van der Waals surface area contributed by atoms with Crippen molar-refractivity contribution < 1.29 is 17.5 Å². The number of hydrogen-bond donors (Lipinski definition) is 0. The van der Waals surface area contributed by atoms with Crippen molar-refractivity contribution in [3.8, 4) is 0 Å². The summed E-state index contributed by atoms with van der Waals surface area (Å²) in [4.78, 5) is -0.294. The topological polar surface area (TPSA) is 46.6 Å². The molecule has 1 saturated carbocycles. The molecule has 0 N–H and O–H groups in total. The molecular formula is C14H17ClFNO3S. The molecule has 0 aromatic heterocycles. The Balaban J connectivity index is 1.89. The Morgan fingerprint density at radius 3 is 2.67 bits per heavy atom. The first kappa shape index (κ1) is 15.2. The van der Waals surface area contributed by atoms with Crippen LogP contribution in [0.25, 0.3) is 0 Å². The third-order valence-electron chi connectivity index (χ3n) is 3.90. The summed E-state index contributed by atoms with van der Waals surface area (Å²) in [6, 6.07) is 3.68. The van der Waals surface area contributed by atoms with Crippen molar-refractivity contribution in [3.05, 3.63) is 29.0 Å². The van der Waals surface area contributed by atoms with Crippen LogP contribution < -0.4 is 0 Å². The van der Waals surface area contributed by atoms with Crippen LogP contribution in [0.15, 0.2) is 23.1 Å². The summed E-state index contributed by atoms with van der Waals surface area (Å²) < 4.78 is 46.2. The van der Waals surface area contributed by atoms with Gasteiger partial charge in [-0.25, -0.2) is 12.8 Å². The van der Waals surface area contributed by atoms with Crippen LogP contribution in [-0.2, 0) is 14.8 Å². The Hall–Kier alpha value is -0.690. The Morgan fingerprint density at radius 1 is 1.33 bits per heavy atom. The average Bonchev–Trinajstić information content (AvgIpc) is 3.11. The molecule has 1 aromatic rings. The van der Waals surface area contributed by atoms with Crippen LogP contribution in [0, 0.1) is 11.7 Å². The van der Waals surface area contributed by atoms with Crippen molar-refractivity contribution in [1.29, 1.82) is 0 Å². The summed E-state index contributed by atoms with van der Waals surface area (Å²) in [6.45, 7) is 1.63. The molecule has 1 aromatic carbocycles. The van der Waals surface area contributed by atoms with E-state index in [9.17, 15) is 12.8 Å². The molecule has 0 bridgehead atoms. The quantitative estimate of drug-likeness (QED) is 0.832. The largest absolute Gasteiger partial charge is 0.381 e. The lowest BCUT2D eigenvalue weighted by Crippen LogP contribution is -2.37. The monoisotopic (exact) mass is 333 g/mol. The van der Waals surface area contributed by atoms with Gasteiger partial charge in [-0.05, 0) is 43.4 Å². The zero-order chi connectivity index (χ0) is 15.0. The van der Waals surface area contributed by atoms with Crippen LogP contribution in [0.2, 0.25) is 5.02 Å². The van der Waals surface area contributed by atoms with Crippen LogP contribution in [-0.4, -0.2) is 38.5 Å². The van der Waals surface area contributed by atoms with Gasteiger partial charge in [0.25, 0.3) is 0 Å². The lowest BCUT2D eigenvalue weighted by molar-refractivity contribution is 0.180. The molecule has 1 saturated heterocycles. The minimum Gasteiger partial charge on any atom is -0.381 e. The second-order valence-electron chi connectivity index (χ2n) is 5.61. The van der Waals surface area contributed by atoms with E-state index in [1.807, 2.05) is 0 Å². The van der Waals surface area contributed by atoms with E-state index in [1.54, 1.807) is 0 Å². The lowest BCUT2D eigenvalue weighted by Gasteiger charge is -2.24. The van der Waals surface area contributed by atoms with Gasteiger partial charge in [-0.1, -0.05) is 11.6 Å². The zero-order valence-electron chi connectivity index (χ0n) is 11.5. The third kappa shape index (κ3) is 3.23. The van der Waals surface area contributed by atoms with Crippen molar-refractivity contribution in [2.75, 3.05) is 19.8 Å². The van der Waals surface area contributed by atoms with Crippen molar-refractivity contribution in [2.24, 2.45) is 5.92 Å². The van der Waals surface area contributed by atoms with E-state index < -0.39 is 15.8 Å². The molecule has 2 aliphatic rings. The molecule has 1 heterocycles. The van der Waals surface area contributed by atoms with Gasteiger partial charge in [0, 0.05) is 24.2 Å². The first-order valence-electron chi connectivity index (χ1n) is 7.03. The first-order chi connectivity index (χ1) is 9.98. The number of sulfonamides is 1. The average molecular weight is 334 g/mol. The highest BCUT2D eigenvalue weighted by Crippen LogP contribution is 2.34. The van der Waals surface area contributed by atoms with E-state index in [2.05, 4.69) is 0 Å². The molecule has 2 fully saturated rings. The van der Waals surface area contributed by atoms with Gasteiger partial charge in [-0.15, -0.1) is 0 Å². The van der Waals surface area contributed by atoms with Gasteiger partial charge in [-0.3, -0.25) is 0 Å². The van der Waals surface area contributed by atoms with Crippen molar-refractivity contribution >= 4 is 21.6 Å². The standard InChI is InChI=1S/C14H17ClFNO3S/c15-11-1-4-14(13(16)7-11)21(18,19)17(12-2-3-12)8-10-5-6-20-9-10/h1,4,7,10,12H,2-3,5-6,8-9H2. The van der Waals surface area contributed by atoms with Gasteiger partial charge < -0.3 is 4.74 Å². The van der Waals surface area contributed by atoms with E-state index in [1.165, 1.54) is 16.4 Å². The summed E-state index contributed by atoms with van der Waals surface area (Å²) in [5, 5.41) is 0.189. The van der Waals surface area contributed by atoms with Gasteiger partial charge in [-0.2, -0.15) is 4.31 Å². The van der Waals surface area contributed by atoms with E-state index in [-0.39, 0.29) is 21.9 Å². The number of nitrogens with zero attached hydrogens (tertiary/aromatic N) is 1. The van der Waals surface area contributed by atoms with Crippen molar-refractivity contribution in [1.82, 2.24) is 4.31 Å². The highest BCUT2D eigenvalue weighted by Gasteiger charge is 2.40. The van der Waals surface area contributed by atoms with E-state index >= 15 is 0 Å². The van der Waals surface area contributed by atoms with Gasteiger partial charge >= 0.3 is 0 Å². The molecule has 1 unspecified atom stereocenters. The maximum absolute atomic E-state index is 14.0. The fraction of sp³-hybridized carbons (Fsp3) is 0.571. The third-order valence-corrected chi connectivity index (χ3v) is 6.08. The highest BCUT2D eigenvalue weighted by atomic mass is 35.5. The number of ether oxygens (including phenoxy) is 1. The molecule has 1 aliphatic carbocycles. The number of hydrogen-bond acceptors (Lipinski definition) is 3. The smallest absolute Gasteiger partial charge is 0.246 e. The van der Waals surface area contributed by atoms with Gasteiger partial charge in [0.05, 0.1) is 6.61 Å². The van der Waals surface area contributed by atoms with Gasteiger partial charge in [0.1, 0.15) is 10.7 Å². The lowest BCUT2D eigenvalue weighted by atomic mass is 10.1. The number of halogens is 2. The zero-order valence-corrected chi connectivity index (χ0v) is 13.0. The molecule has 21 heavy (non-hydrogen) atoms. The molecule has 4 nitrogen and oxygen atoms in total. The summed E-state index contributed by atoms with van der Waals surface area (Å²) in [5.74, 6) is -0.605. The Bertz CT molecular complexity index is 627. The van der Waals surface area contributed by atoms with Gasteiger partial charge in [0.15, 0.2) is 0 Å². The van der Waals surface area contributed by atoms with Crippen LogP contribution in [0.5, 0.6) is 0 Å². The van der Waals surface area contributed by atoms with Crippen LogP contribution >= 0.6 is 11.6 Å². The normalized spacial score (nSPS) is 22.9. The predicted molar refractivity (Wildman–Crippen MR) is 77.2 cm³/mol. The number of rotatable bonds is 5. The Morgan fingerprint density at radius 2 is 2.10 bits per heavy atom. The fourth-order valence-electron chi connectivity index (χ4n) is 2.60. The minimum atomic E-state index is -3.83. The molecule has 0 spiro atoms. The number of benzene rings is 1. The molecule has 1 atom stereocenters. The SMILES string of the molecule is O=S(=O)(c1ccc(Cl)cc1F)N(CC1CCOC1)C1CC1. The summed E-state index contributed by atoms with van der Waals surface area (Å²) >= 11 is 5.69. The first-order valence-corrected chi connectivity index (χ1v) is 8.85. The fourth-order valence-corrected chi connectivity index (χ4v) is 4.57. The van der Waals surface area contributed by atoms with Gasteiger partial charge in [0.2, 0.25) is 10.0 Å². The summed E-state index contributed by atoms with van der Waals surface area (Å²) in [5.41, 5.74) is 0. The maximum Gasteiger partial charge on any atom is 0.246 e. The Kier molecular flexibility index (Phi) is 4.23. The van der Waals surface area contributed by atoms with E-state index in [4.69, 9.17) is 16.3 Å². The molecule has 7 heteroatoms. The maximum atomic E-state index is 14.0. The van der Waals surface area contributed by atoms with Crippen LogP contribution in [0.4, 0.5) is 4.39 Å². The van der Waals surface area contributed by atoms with E-state index in [0.717, 1.165) is 25.3 Å². The minimum absolute atomic E-state index is 0.00863.